The van der Waals surface area contributed by atoms with Gasteiger partial charge in [-0.15, -0.1) is 11.8 Å². The fourth-order valence-corrected chi connectivity index (χ4v) is 6.00. The fourth-order valence-electron chi connectivity index (χ4n) is 2.35. The zero-order valence-electron chi connectivity index (χ0n) is 11.5. The molecular weight excluding hydrogens is 276 g/mol. The van der Waals surface area contributed by atoms with Gasteiger partial charge in [0.05, 0.1) is 0 Å². The van der Waals surface area contributed by atoms with E-state index in [1.165, 1.54) is 5.56 Å². The molecule has 104 valence electrons. The number of carbonyl (C=O) groups excluding carboxylic acids is 1. The van der Waals surface area contributed by atoms with E-state index in [9.17, 15) is 9.00 Å². The number of Topliss-reactive ketones (excluding diaryl/α,β-unsaturated/α-hetero) is 1. The molecule has 0 aliphatic carbocycles. The van der Waals surface area contributed by atoms with Crippen LogP contribution < -0.4 is 0 Å². The van der Waals surface area contributed by atoms with Gasteiger partial charge in [-0.1, -0.05) is 36.8 Å². The van der Waals surface area contributed by atoms with E-state index in [1.807, 2.05) is 38.1 Å². The van der Waals surface area contributed by atoms with Crippen molar-refractivity contribution in [3.8, 4) is 0 Å². The number of carbonyl (C=O) groups is 1. The lowest BCUT2D eigenvalue weighted by atomic mass is 10.0. The molecule has 0 amide bonds. The molecule has 0 bridgehead atoms. The summed E-state index contributed by atoms with van der Waals surface area (Å²) in [5.41, 5.74) is 2.21. The van der Waals surface area contributed by atoms with Gasteiger partial charge in [0.25, 0.3) is 0 Å². The molecule has 2 nitrogen and oxygen atoms in total. The number of hydrogen-bond acceptors (Lipinski definition) is 3. The molecule has 0 N–H and O–H groups in total. The van der Waals surface area contributed by atoms with Crippen LogP contribution in [0.25, 0.3) is 0 Å². The van der Waals surface area contributed by atoms with Crippen LogP contribution in [0.4, 0.5) is 0 Å². The Morgan fingerprint density at radius 1 is 1.37 bits per heavy atom. The SMILES string of the molecule is CC[C@@]1(C(=O)Cc2ccc(C)cc2)SCCC[S@@]1=O. The first-order valence-corrected chi connectivity index (χ1v) is 9.00. The van der Waals surface area contributed by atoms with Crippen molar-refractivity contribution >= 4 is 28.3 Å². The summed E-state index contributed by atoms with van der Waals surface area (Å²) in [6.07, 6.45) is 2.01. The normalized spacial score (nSPS) is 27.2. The van der Waals surface area contributed by atoms with Gasteiger partial charge in [0.2, 0.25) is 0 Å². The van der Waals surface area contributed by atoms with E-state index in [0.717, 1.165) is 17.7 Å². The van der Waals surface area contributed by atoms with E-state index in [2.05, 4.69) is 0 Å². The van der Waals surface area contributed by atoms with Crippen LogP contribution >= 0.6 is 11.8 Å². The Hall–Kier alpha value is -0.610. The lowest BCUT2D eigenvalue weighted by molar-refractivity contribution is -0.118. The molecule has 1 aromatic carbocycles. The maximum atomic E-state index is 12.6. The van der Waals surface area contributed by atoms with Gasteiger partial charge < -0.3 is 0 Å². The Kier molecular flexibility index (Phi) is 4.85. The van der Waals surface area contributed by atoms with Crippen LogP contribution in [0.2, 0.25) is 0 Å². The predicted octanol–water partition coefficient (Wildman–Crippen LogP) is 3.10. The summed E-state index contributed by atoms with van der Waals surface area (Å²) in [5, 5.41) is 0. The van der Waals surface area contributed by atoms with Crippen molar-refractivity contribution in [3.63, 3.8) is 0 Å². The van der Waals surface area contributed by atoms with Gasteiger partial charge in [-0.05, 0) is 31.1 Å². The molecule has 1 aliphatic rings. The molecule has 2 rings (SSSR count). The van der Waals surface area contributed by atoms with E-state index in [1.54, 1.807) is 11.8 Å². The molecule has 2 atom stereocenters. The zero-order valence-corrected chi connectivity index (χ0v) is 13.1. The summed E-state index contributed by atoms with van der Waals surface area (Å²) in [6.45, 7) is 4.01. The van der Waals surface area contributed by atoms with Crippen LogP contribution in [0.15, 0.2) is 24.3 Å². The Labute approximate surface area is 121 Å². The zero-order chi connectivity index (χ0) is 13.9. The molecule has 1 aromatic rings. The Morgan fingerprint density at radius 3 is 2.63 bits per heavy atom. The minimum absolute atomic E-state index is 0.127. The third kappa shape index (κ3) is 3.11. The monoisotopic (exact) mass is 296 g/mol. The number of hydrogen-bond donors (Lipinski definition) is 0. The average Bonchev–Trinajstić information content (AvgIpc) is 2.42. The topological polar surface area (TPSA) is 34.1 Å². The maximum absolute atomic E-state index is 12.6. The summed E-state index contributed by atoms with van der Waals surface area (Å²) in [4.78, 5) is 12.6. The first-order valence-electron chi connectivity index (χ1n) is 6.70. The minimum atomic E-state index is -1.03. The van der Waals surface area contributed by atoms with Crippen LogP contribution in [0.5, 0.6) is 0 Å². The van der Waals surface area contributed by atoms with E-state index in [0.29, 0.717) is 18.6 Å². The van der Waals surface area contributed by atoms with Crippen molar-refractivity contribution in [2.24, 2.45) is 0 Å². The number of thioether (sulfide) groups is 1. The van der Waals surface area contributed by atoms with Gasteiger partial charge in [-0.3, -0.25) is 9.00 Å². The van der Waals surface area contributed by atoms with E-state index in [-0.39, 0.29) is 5.78 Å². The molecule has 4 heteroatoms. The molecule has 0 saturated carbocycles. The highest BCUT2D eigenvalue weighted by atomic mass is 32.2. The van der Waals surface area contributed by atoms with Gasteiger partial charge in [0.15, 0.2) is 5.78 Å². The number of aryl methyl sites for hydroxylation is 1. The summed E-state index contributed by atoms with van der Waals surface area (Å²) in [6, 6.07) is 8.03. The summed E-state index contributed by atoms with van der Waals surface area (Å²) < 4.78 is 11.6. The van der Waals surface area contributed by atoms with Crippen LogP contribution in [-0.4, -0.2) is 25.6 Å². The van der Waals surface area contributed by atoms with Gasteiger partial charge in [-0.2, -0.15) is 0 Å². The molecule has 0 radical (unpaired) electrons. The van der Waals surface area contributed by atoms with Gasteiger partial charge in [-0.25, -0.2) is 0 Å². The lowest BCUT2D eigenvalue weighted by Gasteiger charge is -2.33. The van der Waals surface area contributed by atoms with Crippen molar-refractivity contribution in [2.75, 3.05) is 11.5 Å². The molecule has 0 unspecified atom stereocenters. The largest absolute Gasteiger partial charge is 0.297 e. The minimum Gasteiger partial charge on any atom is -0.297 e. The standard InChI is InChI=1S/C15H20O2S2/c1-3-15(18-9-4-10-19(15)17)14(16)11-13-7-5-12(2)6-8-13/h5-8H,3-4,9-11H2,1-2H3/t15-,19+/m1/s1. The van der Waals surface area contributed by atoms with Crippen LogP contribution in [0.3, 0.4) is 0 Å². The highest BCUT2D eigenvalue weighted by molar-refractivity contribution is 8.14. The van der Waals surface area contributed by atoms with Gasteiger partial charge in [0, 0.05) is 23.0 Å². The molecule has 0 aromatic heterocycles. The quantitative estimate of drug-likeness (QED) is 0.856. The molecule has 1 aliphatic heterocycles. The highest BCUT2D eigenvalue weighted by Gasteiger charge is 2.44. The van der Waals surface area contributed by atoms with Crippen molar-refractivity contribution < 1.29 is 9.00 Å². The van der Waals surface area contributed by atoms with Gasteiger partial charge >= 0.3 is 0 Å². The summed E-state index contributed by atoms with van der Waals surface area (Å²) in [5.74, 6) is 1.74. The third-order valence-corrected chi connectivity index (χ3v) is 7.85. The molecule has 1 fully saturated rings. The van der Waals surface area contributed by atoms with E-state index >= 15 is 0 Å². The van der Waals surface area contributed by atoms with Crippen LogP contribution in [0, 0.1) is 6.92 Å². The number of rotatable bonds is 4. The third-order valence-electron chi connectivity index (χ3n) is 3.55. The Balaban J connectivity index is 2.17. The van der Waals surface area contributed by atoms with Crippen LogP contribution in [-0.2, 0) is 22.0 Å². The average molecular weight is 296 g/mol. The van der Waals surface area contributed by atoms with E-state index < -0.39 is 14.9 Å². The second kappa shape index (κ2) is 6.23. The maximum Gasteiger partial charge on any atom is 0.165 e. The second-order valence-corrected chi connectivity index (χ2v) is 8.39. The first-order chi connectivity index (χ1) is 9.08. The molecule has 1 heterocycles. The lowest BCUT2D eigenvalue weighted by Crippen LogP contribution is -2.44. The van der Waals surface area contributed by atoms with Crippen molar-refractivity contribution in [1.82, 2.24) is 0 Å². The second-order valence-electron chi connectivity index (χ2n) is 4.94. The van der Waals surface area contributed by atoms with E-state index in [4.69, 9.17) is 0 Å². The fraction of sp³-hybridized carbons (Fsp3) is 0.533. The Bertz CT molecular complexity index is 481. The molecular formula is C15H20O2S2. The van der Waals surface area contributed by atoms with Gasteiger partial charge in [0.1, 0.15) is 4.08 Å². The highest BCUT2D eigenvalue weighted by Crippen LogP contribution is 2.39. The van der Waals surface area contributed by atoms with Crippen molar-refractivity contribution in [1.29, 1.82) is 0 Å². The predicted molar refractivity (Wildman–Crippen MR) is 83.0 cm³/mol. The molecule has 19 heavy (non-hydrogen) atoms. The summed E-state index contributed by atoms with van der Waals surface area (Å²) >= 11 is 1.60. The Morgan fingerprint density at radius 2 is 2.05 bits per heavy atom. The van der Waals surface area contributed by atoms with Crippen molar-refractivity contribution in [2.45, 2.75) is 37.2 Å². The van der Waals surface area contributed by atoms with Crippen molar-refractivity contribution in [3.05, 3.63) is 35.4 Å². The first kappa shape index (κ1) is 14.8. The summed E-state index contributed by atoms with van der Waals surface area (Å²) in [7, 11) is -1.03. The number of benzene rings is 1. The molecule has 1 saturated heterocycles. The molecule has 0 spiro atoms. The number of ketones is 1. The van der Waals surface area contributed by atoms with Crippen LogP contribution in [0.1, 0.15) is 30.9 Å². The smallest absolute Gasteiger partial charge is 0.165 e.